The van der Waals surface area contributed by atoms with Crippen LogP contribution in [-0.2, 0) is 25.5 Å². The van der Waals surface area contributed by atoms with Crippen LogP contribution in [0.5, 0.6) is 0 Å². The second-order valence-corrected chi connectivity index (χ2v) is 6.47. The van der Waals surface area contributed by atoms with E-state index in [1.165, 1.54) is 19.1 Å². The largest absolute Gasteiger partial charge is 0.455 e. The molecule has 0 heterocycles. The van der Waals surface area contributed by atoms with Gasteiger partial charge in [0.15, 0.2) is 6.61 Å². The number of carbonyl (C=O) groups is 3. The van der Waals surface area contributed by atoms with E-state index in [9.17, 15) is 24.5 Å². The van der Waals surface area contributed by atoms with E-state index in [2.05, 4.69) is 10.6 Å². The zero-order valence-corrected chi connectivity index (χ0v) is 16.3. The number of carbonyl (C=O) groups excluding carboxylic acids is 3. The summed E-state index contributed by atoms with van der Waals surface area (Å²) >= 11 is 0. The average molecular weight is 399 g/mol. The standard InChI is InChI=1S/C20H21N3O6/c1-12-8-17(18(23(27)28)9-13(12)2)22-19(25)11-29-20(26)10-15-4-6-16(7-5-15)21-14(3)24/h4-9H,10-11H2,1-3H3,(H,21,24)(H,22,25). The normalized spacial score (nSPS) is 10.2. The van der Waals surface area contributed by atoms with Gasteiger partial charge in [-0.3, -0.25) is 24.5 Å². The van der Waals surface area contributed by atoms with Gasteiger partial charge >= 0.3 is 5.97 Å². The highest BCUT2D eigenvalue weighted by molar-refractivity contribution is 5.95. The van der Waals surface area contributed by atoms with Crippen LogP contribution in [0.1, 0.15) is 23.6 Å². The molecule has 0 aliphatic carbocycles. The Bertz CT molecular complexity index is 953. The van der Waals surface area contributed by atoms with Crippen LogP contribution < -0.4 is 10.6 Å². The molecule has 0 spiro atoms. The number of rotatable bonds is 7. The number of amides is 2. The van der Waals surface area contributed by atoms with Gasteiger partial charge in [-0.1, -0.05) is 12.1 Å². The number of nitro benzene ring substituents is 1. The van der Waals surface area contributed by atoms with Crippen molar-refractivity contribution < 1.29 is 24.0 Å². The van der Waals surface area contributed by atoms with E-state index in [1.54, 1.807) is 38.1 Å². The van der Waals surface area contributed by atoms with Crippen LogP contribution >= 0.6 is 0 Å². The lowest BCUT2D eigenvalue weighted by molar-refractivity contribution is -0.384. The summed E-state index contributed by atoms with van der Waals surface area (Å²) in [4.78, 5) is 45.5. The molecule has 0 atom stereocenters. The molecule has 2 aromatic carbocycles. The van der Waals surface area contributed by atoms with Gasteiger partial charge in [0.25, 0.3) is 11.6 Å². The minimum Gasteiger partial charge on any atom is -0.455 e. The van der Waals surface area contributed by atoms with Crippen molar-refractivity contribution >= 4 is 34.8 Å². The molecular weight excluding hydrogens is 378 g/mol. The minimum absolute atomic E-state index is 0.0488. The highest BCUT2D eigenvalue weighted by atomic mass is 16.6. The van der Waals surface area contributed by atoms with Gasteiger partial charge in [0, 0.05) is 18.7 Å². The molecule has 2 aromatic rings. The Balaban J connectivity index is 1.91. The number of hydrogen-bond donors (Lipinski definition) is 2. The van der Waals surface area contributed by atoms with Crippen molar-refractivity contribution in [2.24, 2.45) is 0 Å². The highest BCUT2D eigenvalue weighted by Crippen LogP contribution is 2.27. The fourth-order valence-corrected chi connectivity index (χ4v) is 2.51. The van der Waals surface area contributed by atoms with Gasteiger partial charge in [0.05, 0.1) is 11.3 Å². The number of benzene rings is 2. The van der Waals surface area contributed by atoms with Crippen molar-refractivity contribution in [3.63, 3.8) is 0 Å². The Morgan fingerprint density at radius 2 is 1.66 bits per heavy atom. The van der Waals surface area contributed by atoms with E-state index in [0.29, 0.717) is 11.3 Å². The van der Waals surface area contributed by atoms with Gasteiger partial charge in [-0.15, -0.1) is 0 Å². The average Bonchev–Trinajstić information content (AvgIpc) is 2.64. The quantitative estimate of drug-likeness (QED) is 0.419. The third-order valence-electron chi connectivity index (χ3n) is 4.07. The summed E-state index contributed by atoms with van der Waals surface area (Å²) in [5.74, 6) is -1.50. The fourth-order valence-electron chi connectivity index (χ4n) is 2.51. The Morgan fingerprint density at radius 3 is 2.24 bits per heavy atom. The third kappa shape index (κ3) is 6.42. The first-order valence-corrected chi connectivity index (χ1v) is 8.73. The zero-order valence-electron chi connectivity index (χ0n) is 16.3. The molecule has 2 amide bonds. The lowest BCUT2D eigenvalue weighted by atomic mass is 10.1. The van der Waals surface area contributed by atoms with Crippen LogP contribution in [0.3, 0.4) is 0 Å². The first-order valence-electron chi connectivity index (χ1n) is 8.73. The first kappa shape index (κ1) is 21.5. The van der Waals surface area contributed by atoms with Crippen molar-refractivity contribution in [1.29, 1.82) is 0 Å². The number of esters is 1. The molecule has 9 nitrogen and oxygen atoms in total. The van der Waals surface area contributed by atoms with Gasteiger partial charge in [0.1, 0.15) is 5.69 Å². The maximum Gasteiger partial charge on any atom is 0.310 e. The van der Waals surface area contributed by atoms with E-state index in [1.807, 2.05) is 0 Å². The highest BCUT2D eigenvalue weighted by Gasteiger charge is 2.18. The summed E-state index contributed by atoms with van der Waals surface area (Å²) < 4.78 is 4.94. The van der Waals surface area contributed by atoms with Gasteiger partial charge in [-0.25, -0.2) is 0 Å². The number of hydrogen-bond acceptors (Lipinski definition) is 6. The van der Waals surface area contributed by atoms with E-state index >= 15 is 0 Å². The van der Waals surface area contributed by atoms with Crippen molar-refractivity contribution in [3.05, 3.63) is 63.2 Å². The third-order valence-corrected chi connectivity index (χ3v) is 4.07. The Labute approximate surface area is 167 Å². The number of aryl methyl sites for hydroxylation is 2. The molecule has 0 unspecified atom stereocenters. The Morgan fingerprint density at radius 1 is 1.03 bits per heavy atom. The molecule has 0 bridgehead atoms. The van der Waals surface area contributed by atoms with E-state index in [0.717, 1.165) is 11.1 Å². The molecule has 152 valence electrons. The molecule has 0 aliphatic rings. The van der Waals surface area contributed by atoms with Crippen LogP contribution in [0, 0.1) is 24.0 Å². The molecule has 9 heteroatoms. The van der Waals surface area contributed by atoms with Crippen molar-refractivity contribution in [2.75, 3.05) is 17.2 Å². The van der Waals surface area contributed by atoms with Gasteiger partial charge in [-0.05, 0) is 48.7 Å². The van der Waals surface area contributed by atoms with Crippen LogP contribution in [0.4, 0.5) is 17.1 Å². The zero-order chi connectivity index (χ0) is 21.6. The van der Waals surface area contributed by atoms with Gasteiger partial charge < -0.3 is 15.4 Å². The second-order valence-electron chi connectivity index (χ2n) is 6.47. The lowest BCUT2D eigenvalue weighted by Crippen LogP contribution is -2.22. The molecule has 2 N–H and O–H groups in total. The molecule has 29 heavy (non-hydrogen) atoms. The van der Waals surface area contributed by atoms with Gasteiger partial charge in [-0.2, -0.15) is 0 Å². The molecule has 0 fully saturated rings. The molecule has 2 rings (SSSR count). The molecule has 0 aliphatic heterocycles. The predicted molar refractivity (Wildman–Crippen MR) is 107 cm³/mol. The van der Waals surface area contributed by atoms with Crippen molar-refractivity contribution in [2.45, 2.75) is 27.2 Å². The first-order chi connectivity index (χ1) is 13.7. The molecule has 0 saturated heterocycles. The van der Waals surface area contributed by atoms with Crippen LogP contribution in [0.2, 0.25) is 0 Å². The maximum absolute atomic E-state index is 12.0. The summed E-state index contributed by atoms with van der Waals surface area (Å²) in [5, 5.41) is 16.2. The summed E-state index contributed by atoms with van der Waals surface area (Å²) in [7, 11) is 0. The summed E-state index contributed by atoms with van der Waals surface area (Å²) in [6.07, 6.45) is -0.0581. The second kappa shape index (κ2) is 9.45. The van der Waals surface area contributed by atoms with E-state index in [4.69, 9.17) is 4.74 Å². The lowest BCUT2D eigenvalue weighted by Gasteiger charge is -2.09. The molecule has 0 saturated carbocycles. The number of nitrogens with one attached hydrogen (secondary N) is 2. The smallest absolute Gasteiger partial charge is 0.310 e. The summed E-state index contributed by atoms with van der Waals surface area (Å²) in [5.41, 5.74) is 2.58. The molecular formula is C20H21N3O6. The number of anilines is 2. The minimum atomic E-state index is -0.675. The summed E-state index contributed by atoms with van der Waals surface area (Å²) in [6, 6.07) is 9.49. The van der Waals surface area contributed by atoms with Crippen LogP contribution in [0.15, 0.2) is 36.4 Å². The van der Waals surface area contributed by atoms with Gasteiger partial charge in [0.2, 0.25) is 5.91 Å². The Kier molecular flexibility index (Phi) is 7.02. The number of nitro groups is 1. The topological polar surface area (TPSA) is 128 Å². The molecule has 0 radical (unpaired) electrons. The Hall–Kier alpha value is -3.75. The maximum atomic E-state index is 12.0. The van der Waals surface area contributed by atoms with Crippen LogP contribution in [-0.4, -0.2) is 29.3 Å². The van der Waals surface area contributed by atoms with Crippen LogP contribution in [0.25, 0.3) is 0 Å². The van der Waals surface area contributed by atoms with E-state index in [-0.39, 0.29) is 23.7 Å². The predicted octanol–water partition coefficient (Wildman–Crippen LogP) is 2.89. The SMILES string of the molecule is CC(=O)Nc1ccc(CC(=O)OCC(=O)Nc2cc(C)c(C)cc2[N+](=O)[O-])cc1. The fraction of sp³-hybridized carbons (Fsp3) is 0.250. The number of ether oxygens (including phenoxy) is 1. The van der Waals surface area contributed by atoms with E-state index < -0.39 is 23.4 Å². The molecule has 0 aromatic heterocycles. The number of nitrogens with zero attached hydrogens (tertiary/aromatic N) is 1. The summed E-state index contributed by atoms with van der Waals surface area (Å²) in [6.45, 7) is 4.33. The van der Waals surface area contributed by atoms with Crippen molar-refractivity contribution in [3.8, 4) is 0 Å². The van der Waals surface area contributed by atoms with Crippen molar-refractivity contribution in [1.82, 2.24) is 0 Å². The monoisotopic (exact) mass is 399 g/mol.